The molecule has 0 radical (unpaired) electrons. The summed E-state index contributed by atoms with van der Waals surface area (Å²) < 4.78 is 0. The van der Waals surface area contributed by atoms with Crippen LogP contribution in [0.4, 0.5) is 0 Å². The number of hydrogen-bond donors (Lipinski definition) is 1. The molecule has 0 aliphatic carbocycles. The molecule has 16 heavy (non-hydrogen) atoms. The summed E-state index contributed by atoms with van der Waals surface area (Å²) in [6.45, 7) is 14.7. The number of nitrogens with one attached hydrogen (secondary N) is 1. The van der Waals surface area contributed by atoms with Gasteiger partial charge in [-0.05, 0) is 33.1 Å². The van der Waals surface area contributed by atoms with Crippen molar-refractivity contribution < 1.29 is 0 Å². The molecule has 0 aromatic rings. The largest absolute Gasteiger partial charge is 0.311 e. The van der Waals surface area contributed by atoms with Crippen LogP contribution in [0.2, 0.25) is 0 Å². The van der Waals surface area contributed by atoms with Gasteiger partial charge in [0.05, 0.1) is 0 Å². The standard InChI is InChI=1S/C14H28N2/c1-11(2)6-7-16-10-14(8-12(3)4)15-9-13(16)5/h6,12-15H,7-10H2,1-5H3. The maximum absolute atomic E-state index is 3.66. The van der Waals surface area contributed by atoms with E-state index in [1.165, 1.54) is 18.5 Å². The first-order valence-corrected chi connectivity index (χ1v) is 6.59. The third-order valence-electron chi connectivity index (χ3n) is 3.27. The summed E-state index contributed by atoms with van der Waals surface area (Å²) in [6.07, 6.45) is 3.63. The van der Waals surface area contributed by atoms with Crippen molar-refractivity contribution in [1.29, 1.82) is 0 Å². The highest BCUT2D eigenvalue weighted by atomic mass is 15.2. The van der Waals surface area contributed by atoms with Crippen LogP contribution in [0, 0.1) is 5.92 Å². The van der Waals surface area contributed by atoms with Crippen LogP contribution in [0.25, 0.3) is 0 Å². The number of nitrogens with zero attached hydrogens (tertiary/aromatic N) is 1. The summed E-state index contributed by atoms with van der Waals surface area (Å²) in [5.41, 5.74) is 1.42. The lowest BCUT2D eigenvalue weighted by molar-refractivity contribution is 0.146. The zero-order valence-corrected chi connectivity index (χ0v) is 11.6. The van der Waals surface area contributed by atoms with Crippen LogP contribution < -0.4 is 5.32 Å². The Bertz CT molecular complexity index is 229. The van der Waals surface area contributed by atoms with Gasteiger partial charge in [-0.2, -0.15) is 0 Å². The van der Waals surface area contributed by atoms with Crippen LogP contribution >= 0.6 is 0 Å². The molecule has 1 saturated heterocycles. The molecule has 1 N–H and O–H groups in total. The van der Waals surface area contributed by atoms with Crippen molar-refractivity contribution >= 4 is 0 Å². The van der Waals surface area contributed by atoms with E-state index in [-0.39, 0.29) is 0 Å². The van der Waals surface area contributed by atoms with Crippen molar-refractivity contribution in [3.05, 3.63) is 11.6 Å². The number of allylic oxidation sites excluding steroid dienone is 1. The lowest BCUT2D eigenvalue weighted by Crippen LogP contribution is -2.55. The van der Waals surface area contributed by atoms with Crippen molar-refractivity contribution in [2.75, 3.05) is 19.6 Å². The molecule has 94 valence electrons. The highest BCUT2D eigenvalue weighted by molar-refractivity contribution is 4.97. The van der Waals surface area contributed by atoms with Gasteiger partial charge in [0, 0.05) is 31.7 Å². The van der Waals surface area contributed by atoms with E-state index in [2.05, 4.69) is 50.9 Å². The first-order valence-electron chi connectivity index (χ1n) is 6.59. The van der Waals surface area contributed by atoms with E-state index >= 15 is 0 Å². The number of hydrogen-bond acceptors (Lipinski definition) is 2. The minimum absolute atomic E-state index is 0.666. The maximum atomic E-state index is 3.66. The van der Waals surface area contributed by atoms with E-state index in [9.17, 15) is 0 Å². The van der Waals surface area contributed by atoms with Crippen LogP contribution in [0.5, 0.6) is 0 Å². The molecule has 0 aromatic carbocycles. The van der Waals surface area contributed by atoms with Gasteiger partial charge in [0.1, 0.15) is 0 Å². The zero-order chi connectivity index (χ0) is 12.1. The van der Waals surface area contributed by atoms with Gasteiger partial charge in [0.15, 0.2) is 0 Å². The zero-order valence-electron chi connectivity index (χ0n) is 11.6. The first kappa shape index (κ1) is 13.7. The monoisotopic (exact) mass is 224 g/mol. The quantitative estimate of drug-likeness (QED) is 0.739. The molecule has 2 heteroatoms. The third-order valence-corrected chi connectivity index (χ3v) is 3.27. The fourth-order valence-corrected chi connectivity index (χ4v) is 2.28. The molecule has 0 spiro atoms. The van der Waals surface area contributed by atoms with Crippen molar-refractivity contribution in [3.63, 3.8) is 0 Å². The van der Waals surface area contributed by atoms with Gasteiger partial charge in [-0.25, -0.2) is 0 Å². The molecule has 1 heterocycles. The predicted molar refractivity (Wildman–Crippen MR) is 71.7 cm³/mol. The summed E-state index contributed by atoms with van der Waals surface area (Å²) in [7, 11) is 0. The van der Waals surface area contributed by atoms with E-state index in [1.807, 2.05) is 0 Å². The minimum atomic E-state index is 0.666. The topological polar surface area (TPSA) is 15.3 Å². The summed E-state index contributed by atoms with van der Waals surface area (Å²) in [5, 5.41) is 3.66. The highest BCUT2D eigenvalue weighted by Crippen LogP contribution is 2.13. The van der Waals surface area contributed by atoms with Crippen LogP contribution in [0.3, 0.4) is 0 Å². The molecule has 2 atom stereocenters. The first-order chi connectivity index (χ1) is 7.49. The Labute approximate surface area is 101 Å². The molecule has 1 aliphatic rings. The molecule has 2 unspecified atom stereocenters. The Balaban J connectivity index is 2.45. The third kappa shape index (κ3) is 4.67. The van der Waals surface area contributed by atoms with E-state index in [4.69, 9.17) is 0 Å². The summed E-state index contributed by atoms with van der Waals surface area (Å²) in [5.74, 6) is 0.788. The smallest absolute Gasteiger partial charge is 0.0198 e. The molecule has 1 fully saturated rings. The number of rotatable bonds is 4. The van der Waals surface area contributed by atoms with Crippen LogP contribution in [-0.2, 0) is 0 Å². The summed E-state index contributed by atoms with van der Waals surface area (Å²) in [6, 6.07) is 1.35. The molecule has 1 aliphatic heterocycles. The van der Waals surface area contributed by atoms with Crippen molar-refractivity contribution in [1.82, 2.24) is 10.2 Å². The molecule has 0 aromatic heterocycles. The lowest BCUT2D eigenvalue weighted by atomic mass is 10.00. The molecular formula is C14H28N2. The normalized spacial score (nSPS) is 27.1. The van der Waals surface area contributed by atoms with Gasteiger partial charge in [-0.1, -0.05) is 25.5 Å². The Morgan fingerprint density at radius 1 is 1.44 bits per heavy atom. The van der Waals surface area contributed by atoms with Gasteiger partial charge in [0.25, 0.3) is 0 Å². The maximum Gasteiger partial charge on any atom is 0.0198 e. The molecule has 0 bridgehead atoms. The number of piperazine rings is 1. The Hall–Kier alpha value is -0.340. The highest BCUT2D eigenvalue weighted by Gasteiger charge is 2.24. The Morgan fingerprint density at radius 2 is 2.12 bits per heavy atom. The van der Waals surface area contributed by atoms with Crippen LogP contribution in [-0.4, -0.2) is 36.6 Å². The van der Waals surface area contributed by atoms with Crippen molar-refractivity contribution in [2.45, 2.75) is 53.1 Å². The van der Waals surface area contributed by atoms with E-state index < -0.39 is 0 Å². The van der Waals surface area contributed by atoms with Gasteiger partial charge in [-0.15, -0.1) is 0 Å². The predicted octanol–water partition coefficient (Wildman–Crippen LogP) is 2.66. The second-order valence-corrected chi connectivity index (χ2v) is 5.82. The van der Waals surface area contributed by atoms with E-state index in [1.54, 1.807) is 0 Å². The average molecular weight is 224 g/mol. The van der Waals surface area contributed by atoms with Gasteiger partial charge in [-0.3, -0.25) is 4.90 Å². The second-order valence-electron chi connectivity index (χ2n) is 5.82. The fourth-order valence-electron chi connectivity index (χ4n) is 2.28. The minimum Gasteiger partial charge on any atom is -0.311 e. The fraction of sp³-hybridized carbons (Fsp3) is 0.857. The molecular weight excluding hydrogens is 196 g/mol. The molecule has 0 saturated carbocycles. The Morgan fingerprint density at radius 3 is 2.69 bits per heavy atom. The van der Waals surface area contributed by atoms with Gasteiger partial charge >= 0.3 is 0 Å². The lowest BCUT2D eigenvalue weighted by Gasteiger charge is -2.39. The van der Waals surface area contributed by atoms with Crippen molar-refractivity contribution in [3.8, 4) is 0 Å². The summed E-state index contributed by atoms with van der Waals surface area (Å²) in [4.78, 5) is 2.59. The molecule has 1 rings (SSSR count). The second kappa shape index (κ2) is 6.41. The van der Waals surface area contributed by atoms with Gasteiger partial charge in [0.2, 0.25) is 0 Å². The van der Waals surface area contributed by atoms with Crippen molar-refractivity contribution in [2.24, 2.45) is 5.92 Å². The van der Waals surface area contributed by atoms with Gasteiger partial charge < -0.3 is 5.32 Å². The SMILES string of the molecule is CC(C)=CCN1CC(CC(C)C)NCC1C. The Kier molecular flexibility index (Phi) is 5.50. The van der Waals surface area contributed by atoms with Crippen LogP contribution in [0.15, 0.2) is 11.6 Å². The average Bonchev–Trinajstić information content (AvgIpc) is 2.18. The van der Waals surface area contributed by atoms with E-state index in [0.29, 0.717) is 12.1 Å². The molecule has 0 amide bonds. The van der Waals surface area contributed by atoms with Crippen LogP contribution in [0.1, 0.15) is 41.0 Å². The summed E-state index contributed by atoms with van der Waals surface area (Å²) >= 11 is 0. The van der Waals surface area contributed by atoms with E-state index in [0.717, 1.165) is 19.0 Å². The molecule has 2 nitrogen and oxygen atoms in total.